The normalized spacial score (nSPS) is 24.6. The highest BCUT2D eigenvalue weighted by molar-refractivity contribution is 5.20. The fourth-order valence-electron chi connectivity index (χ4n) is 3.45. The predicted molar refractivity (Wildman–Crippen MR) is 78.6 cm³/mol. The van der Waals surface area contributed by atoms with E-state index >= 15 is 0 Å². The van der Waals surface area contributed by atoms with Gasteiger partial charge in [0.25, 0.3) is 0 Å². The number of hydrogen-bond donors (Lipinski definition) is 1. The first-order valence-electron chi connectivity index (χ1n) is 7.75. The molecule has 1 unspecified atom stereocenters. The summed E-state index contributed by atoms with van der Waals surface area (Å²) in [7, 11) is 1.92. The van der Waals surface area contributed by atoms with Gasteiger partial charge in [0.15, 0.2) is 11.6 Å². The quantitative estimate of drug-likeness (QED) is 0.848. The third-order valence-corrected chi connectivity index (χ3v) is 4.88. The molecule has 1 fully saturated rings. The smallest absolute Gasteiger partial charge is 0.162 e. The molecule has 0 aliphatic heterocycles. The minimum absolute atomic E-state index is 0.240. The molecule has 20 heavy (non-hydrogen) atoms. The van der Waals surface area contributed by atoms with Crippen molar-refractivity contribution in [2.24, 2.45) is 11.8 Å². The summed E-state index contributed by atoms with van der Waals surface area (Å²) < 4.78 is 27.1. The van der Waals surface area contributed by atoms with Gasteiger partial charge in [0, 0.05) is 6.04 Å². The summed E-state index contributed by atoms with van der Waals surface area (Å²) in [5.74, 6) is 0.00201. The van der Waals surface area contributed by atoms with Crippen molar-refractivity contribution in [1.29, 1.82) is 0 Å². The van der Waals surface area contributed by atoms with Crippen molar-refractivity contribution in [2.75, 3.05) is 7.05 Å². The number of halogens is 2. The Kier molecular flexibility index (Phi) is 5.53. The SMILES string of the molecule is CCC1CCC(C(Cc2cccc(F)c2F)NC)CC1. The van der Waals surface area contributed by atoms with Crippen molar-refractivity contribution in [3.8, 4) is 0 Å². The maximum absolute atomic E-state index is 13.8. The molecule has 0 amide bonds. The molecule has 0 radical (unpaired) electrons. The third kappa shape index (κ3) is 3.57. The largest absolute Gasteiger partial charge is 0.316 e. The first-order chi connectivity index (χ1) is 9.65. The van der Waals surface area contributed by atoms with Crippen LogP contribution in [-0.2, 0) is 6.42 Å². The summed E-state index contributed by atoms with van der Waals surface area (Å²) in [6, 6.07) is 4.71. The van der Waals surface area contributed by atoms with E-state index in [0.717, 1.165) is 5.92 Å². The van der Waals surface area contributed by atoms with Crippen molar-refractivity contribution < 1.29 is 8.78 Å². The van der Waals surface area contributed by atoms with Crippen molar-refractivity contribution >= 4 is 0 Å². The van der Waals surface area contributed by atoms with Crippen LogP contribution in [0.15, 0.2) is 18.2 Å². The molecular weight excluding hydrogens is 256 g/mol. The van der Waals surface area contributed by atoms with E-state index in [4.69, 9.17) is 0 Å². The lowest BCUT2D eigenvalue weighted by Crippen LogP contribution is -2.37. The van der Waals surface area contributed by atoms with Crippen LogP contribution in [0, 0.1) is 23.5 Å². The monoisotopic (exact) mass is 281 g/mol. The Labute approximate surface area is 120 Å². The molecule has 1 aromatic carbocycles. The maximum Gasteiger partial charge on any atom is 0.162 e. The predicted octanol–water partition coefficient (Wildman–Crippen LogP) is 4.31. The van der Waals surface area contributed by atoms with E-state index in [1.165, 1.54) is 38.2 Å². The van der Waals surface area contributed by atoms with Crippen LogP contribution in [0.5, 0.6) is 0 Å². The average molecular weight is 281 g/mol. The number of rotatable bonds is 5. The standard InChI is InChI=1S/C17H25F2N/c1-3-12-7-9-13(10-8-12)16(20-2)11-14-5-4-6-15(18)17(14)19/h4-6,12-13,16,20H,3,7-11H2,1-2H3. The van der Waals surface area contributed by atoms with E-state index in [9.17, 15) is 8.78 Å². The van der Waals surface area contributed by atoms with Crippen LogP contribution in [0.4, 0.5) is 8.78 Å². The molecule has 0 heterocycles. The molecule has 0 aromatic heterocycles. The molecule has 3 heteroatoms. The second-order valence-electron chi connectivity index (χ2n) is 6.00. The van der Waals surface area contributed by atoms with Crippen LogP contribution in [-0.4, -0.2) is 13.1 Å². The van der Waals surface area contributed by atoms with Gasteiger partial charge in [-0.25, -0.2) is 8.78 Å². The van der Waals surface area contributed by atoms with E-state index in [-0.39, 0.29) is 6.04 Å². The van der Waals surface area contributed by atoms with Gasteiger partial charge in [-0.2, -0.15) is 0 Å². The van der Waals surface area contributed by atoms with Crippen LogP contribution in [0.3, 0.4) is 0 Å². The van der Waals surface area contributed by atoms with Gasteiger partial charge < -0.3 is 5.32 Å². The van der Waals surface area contributed by atoms with Gasteiger partial charge >= 0.3 is 0 Å². The second kappa shape index (κ2) is 7.16. The van der Waals surface area contributed by atoms with E-state index < -0.39 is 11.6 Å². The summed E-state index contributed by atoms with van der Waals surface area (Å²) in [6.07, 6.45) is 6.76. The summed E-state index contributed by atoms with van der Waals surface area (Å²) >= 11 is 0. The first kappa shape index (κ1) is 15.4. The molecular formula is C17H25F2N. The van der Waals surface area contributed by atoms with E-state index in [1.807, 2.05) is 7.05 Å². The second-order valence-corrected chi connectivity index (χ2v) is 6.00. The molecule has 1 saturated carbocycles. The highest BCUT2D eigenvalue weighted by atomic mass is 19.2. The molecule has 1 atom stereocenters. The summed E-state index contributed by atoms with van der Waals surface area (Å²) in [5.41, 5.74) is 0.488. The highest BCUT2D eigenvalue weighted by Gasteiger charge is 2.27. The van der Waals surface area contributed by atoms with Crippen molar-refractivity contribution in [3.05, 3.63) is 35.4 Å². The van der Waals surface area contributed by atoms with Gasteiger partial charge in [-0.1, -0.05) is 38.3 Å². The fourth-order valence-corrected chi connectivity index (χ4v) is 3.45. The number of hydrogen-bond acceptors (Lipinski definition) is 1. The lowest BCUT2D eigenvalue weighted by Gasteiger charge is -2.33. The van der Waals surface area contributed by atoms with Crippen molar-refractivity contribution in [2.45, 2.75) is 51.5 Å². The Bertz CT molecular complexity index is 425. The Morgan fingerprint density at radius 2 is 1.90 bits per heavy atom. The minimum atomic E-state index is -0.743. The number of likely N-dealkylation sites (N-methyl/N-ethyl adjacent to an activating group) is 1. The molecule has 112 valence electrons. The molecule has 0 spiro atoms. The Morgan fingerprint density at radius 1 is 1.20 bits per heavy atom. The number of benzene rings is 1. The Morgan fingerprint density at radius 3 is 2.50 bits per heavy atom. The van der Waals surface area contributed by atoms with Crippen molar-refractivity contribution in [3.63, 3.8) is 0 Å². The van der Waals surface area contributed by atoms with Gasteiger partial charge in [0.05, 0.1) is 0 Å². The zero-order valence-electron chi connectivity index (χ0n) is 12.5. The zero-order chi connectivity index (χ0) is 14.5. The molecule has 1 aliphatic rings. The average Bonchev–Trinajstić information content (AvgIpc) is 2.49. The van der Waals surface area contributed by atoms with Gasteiger partial charge in [-0.05, 0) is 49.8 Å². The van der Waals surface area contributed by atoms with Gasteiger partial charge in [0.2, 0.25) is 0 Å². The van der Waals surface area contributed by atoms with E-state index in [1.54, 1.807) is 12.1 Å². The lowest BCUT2D eigenvalue weighted by molar-refractivity contribution is 0.221. The molecule has 1 N–H and O–H groups in total. The van der Waals surface area contributed by atoms with Crippen LogP contribution in [0.25, 0.3) is 0 Å². The number of nitrogens with one attached hydrogen (secondary N) is 1. The van der Waals surface area contributed by atoms with Gasteiger partial charge in [-0.15, -0.1) is 0 Å². The molecule has 1 nitrogen and oxygen atoms in total. The highest BCUT2D eigenvalue weighted by Crippen LogP contribution is 2.33. The van der Waals surface area contributed by atoms with Crippen LogP contribution >= 0.6 is 0 Å². The fraction of sp³-hybridized carbons (Fsp3) is 0.647. The van der Waals surface area contributed by atoms with Gasteiger partial charge in [-0.3, -0.25) is 0 Å². The first-order valence-corrected chi connectivity index (χ1v) is 7.75. The zero-order valence-corrected chi connectivity index (χ0v) is 12.5. The molecule has 1 aromatic rings. The maximum atomic E-state index is 13.8. The molecule has 1 aliphatic carbocycles. The van der Waals surface area contributed by atoms with E-state index in [2.05, 4.69) is 12.2 Å². The third-order valence-electron chi connectivity index (χ3n) is 4.88. The summed E-state index contributed by atoms with van der Waals surface area (Å²) in [6.45, 7) is 2.25. The van der Waals surface area contributed by atoms with Gasteiger partial charge in [0.1, 0.15) is 0 Å². The molecule has 0 bridgehead atoms. The minimum Gasteiger partial charge on any atom is -0.316 e. The summed E-state index contributed by atoms with van der Waals surface area (Å²) in [4.78, 5) is 0. The molecule has 2 rings (SSSR count). The van der Waals surface area contributed by atoms with E-state index in [0.29, 0.717) is 17.9 Å². The van der Waals surface area contributed by atoms with Crippen molar-refractivity contribution in [1.82, 2.24) is 5.32 Å². The van der Waals surface area contributed by atoms with Crippen LogP contribution in [0.1, 0.15) is 44.6 Å². The van der Waals surface area contributed by atoms with Crippen LogP contribution in [0.2, 0.25) is 0 Å². The lowest BCUT2D eigenvalue weighted by atomic mass is 9.76. The topological polar surface area (TPSA) is 12.0 Å². The molecule has 0 saturated heterocycles. The summed E-state index contributed by atoms with van der Waals surface area (Å²) in [5, 5.41) is 3.31. The Hall–Kier alpha value is -0.960. The Balaban J connectivity index is 2.00. The van der Waals surface area contributed by atoms with Crippen LogP contribution < -0.4 is 5.32 Å².